The molecule has 31 heavy (non-hydrogen) atoms. The van der Waals surface area contributed by atoms with Crippen LogP contribution in [0.3, 0.4) is 0 Å². The minimum absolute atomic E-state index is 0.284. The first-order valence-corrected chi connectivity index (χ1v) is 10.3. The highest BCUT2D eigenvalue weighted by molar-refractivity contribution is 6.05. The molecule has 0 bridgehead atoms. The zero-order valence-electron chi connectivity index (χ0n) is 17.2. The van der Waals surface area contributed by atoms with Crippen LogP contribution in [0.1, 0.15) is 40.0 Å². The summed E-state index contributed by atoms with van der Waals surface area (Å²) in [6.45, 7) is 4.38. The summed E-state index contributed by atoms with van der Waals surface area (Å²) in [6.07, 6.45) is 1.64. The van der Waals surface area contributed by atoms with Crippen LogP contribution in [0.2, 0.25) is 0 Å². The number of rotatable bonds is 5. The van der Waals surface area contributed by atoms with Gasteiger partial charge in [0, 0.05) is 30.6 Å². The van der Waals surface area contributed by atoms with Gasteiger partial charge in [-0.15, -0.1) is 0 Å². The van der Waals surface area contributed by atoms with Crippen molar-refractivity contribution in [3.8, 4) is 5.95 Å². The number of nitrogens with zero attached hydrogens (tertiary/aromatic N) is 4. The van der Waals surface area contributed by atoms with Crippen LogP contribution in [-0.4, -0.2) is 32.2 Å². The lowest BCUT2D eigenvalue weighted by Crippen LogP contribution is -2.30. The third-order valence-corrected chi connectivity index (χ3v) is 5.62. The lowest BCUT2D eigenvalue weighted by Gasteiger charge is -2.25. The zero-order valence-corrected chi connectivity index (χ0v) is 17.2. The van der Waals surface area contributed by atoms with Crippen molar-refractivity contribution < 1.29 is 4.79 Å². The largest absolute Gasteiger partial charge is 0.366 e. The second-order valence-electron chi connectivity index (χ2n) is 7.76. The quantitative estimate of drug-likeness (QED) is 0.464. The number of nitrogens with two attached hydrogens (primary N) is 1. The second-order valence-corrected chi connectivity index (χ2v) is 7.76. The maximum atomic E-state index is 11.8. The molecule has 1 aliphatic heterocycles. The Kier molecular flexibility index (Phi) is 4.83. The third kappa shape index (κ3) is 3.51. The summed E-state index contributed by atoms with van der Waals surface area (Å²) in [4.78, 5) is 21.5. The molecule has 8 nitrogen and oxygen atoms in total. The van der Waals surface area contributed by atoms with Gasteiger partial charge in [-0.05, 0) is 23.6 Å². The highest BCUT2D eigenvalue weighted by Gasteiger charge is 2.24. The predicted molar refractivity (Wildman–Crippen MR) is 119 cm³/mol. The number of nitrogens with one attached hydrogen (secondary N) is 2. The first kappa shape index (κ1) is 19.2. The lowest BCUT2D eigenvalue weighted by atomic mass is 9.96. The molecule has 2 aromatic heterocycles. The molecule has 1 aliphatic rings. The van der Waals surface area contributed by atoms with Gasteiger partial charge in [0.05, 0.1) is 23.0 Å². The topological polar surface area (TPSA) is 111 Å². The summed E-state index contributed by atoms with van der Waals surface area (Å²) in [5.74, 6) is 1.07. The maximum absolute atomic E-state index is 11.8. The highest BCUT2D eigenvalue weighted by atomic mass is 16.1. The van der Waals surface area contributed by atoms with Gasteiger partial charge in [0.25, 0.3) is 5.95 Å². The van der Waals surface area contributed by atoms with Crippen LogP contribution in [0.4, 0.5) is 5.82 Å². The molecule has 4 aromatic rings. The van der Waals surface area contributed by atoms with E-state index in [1.165, 1.54) is 5.56 Å². The Hall–Kier alpha value is -3.78. The van der Waals surface area contributed by atoms with Gasteiger partial charge >= 0.3 is 0 Å². The average Bonchev–Trinajstić information content (AvgIpc) is 3.22. The minimum Gasteiger partial charge on any atom is -0.366 e. The van der Waals surface area contributed by atoms with E-state index in [1.54, 1.807) is 23.0 Å². The Labute approximate surface area is 179 Å². The number of carbonyl (C=O) groups excluding carboxylic acids is 1. The predicted octanol–water partition coefficient (Wildman–Crippen LogP) is 2.73. The zero-order chi connectivity index (χ0) is 21.4. The molecule has 0 saturated heterocycles. The van der Waals surface area contributed by atoms with Gasteiger partial charge in [-0.3, -0.25) is 4.79 Å². The van der Waals surface area contributed by atoms with E-state index in [2.05, 4.69) is 34.8 Å². The van der Waals surface area contributed by atoms with Gasteiger partial charge in [0.2, 0.25) is 5.91 Å². The molecule has 0 saturated carbocycles. The van der Waals surface area contributed by atoms with E-state index in [1.807, 2.05) is 24.3 Å². The van der Waals surface area contributed by atoms with E-state index in [0.717, 1.165) is 29.1 Å². The molecule has 4 N–H and O–H groups in total. The molecule has 1 atom stereocenters. The van der Waals surface area contributed by atoms with E-state index in [0.29, 0.717) is 30.0 Å². The van der Waals surface area contributed by atoms with Crippen molar-refractivity contribution in [3.63, 3.8) is 0 Å². The second kappa shape index (κ2) is 7.81. The van der Waals surface area contributed by atoms with Crippen molar-refractivity contribution in [2.24, 2.45) is 5.73 Å². The Morgan fingerprint density at radius 2 is 2.03 bits per heavy atom. The van der Waals surface area contributed by atoms with Crippen LogP contribution < -0.4 is 16.4 Å². The maximum Gasteiger partial charge on any atom is 0.253 e. The lowest BCUT2D eigenvalue weighted by molar-refractivity contribution is 0.100. The molecule has 0 spiro atoms. The van der Waals surface area contributed by atoms with Crippen molar-refractivity contribution >= 4 is 22.6 Å². The van der Waals surface area contributed by atoms with Gasteiger partial charge in [-0.25, -0.2) is 4.98 Å². The van der Waals surface area contributed by atoms with E-state index < -0.39 is 5.91 Å². The van der Waals surface area contributed by atoms with Gasteiger partial charge in [0.15, 0.2) is 0 Å². The molecule has 5 rings (SSSR count). The van der Waals surface area contributed by atoms with Crippen molar-refractivity contribution in [1.29, 1.82) is 0 Å². The highest BCUT2D eigenvalue weighted by Crippen LogP contribution is 2.30. The molecule has 1 unspecified atom stereocenters. The smallest absolute Gasteiger partial charge is 0.253 e. The van der Waals surface area contributed by atoms with E-state index in [4.69, 9.17) is 15.7 Å². The molecule has 0 radical (unpaired) electrons. The number of hydrogen-bond acceptors (Lipinski definition) is 6. The van der Waals surface area contributed by atoms with E-state index in [9.17, 15) is 4.79 Å². The summed E-state index contributed by atoms with van der Waals surface area (Å²) >= 11 is 0. The first-order valence-electron chi connectivity index (χ1n) is 10.3. The molecule has 8 heteroatoms. The molecular weight excluding hydrogens is 390 g/mol. The Morgan fingerprint density at radius 1 is 1.19 bits per heavy atom. The van der Waals surface area contributed by atoms with Crippen molar-refractivity contribution in [3.05, 3.63) is 77.1 Å². The van der Waals surface area contributed by atoms with E-state index >= 15 is 0 Å². The number of amides is 1. The first-order chi connectivity index (χ1) is 15.1. The Balaban J connectivity index is 1.61. The van der Waals surface area contributed by atoms with E-state index in [-0.39, 0.29) is 5.92 Å². The Morgan fingerprint density at radius 3 is 2.84 bits per heavy atom. The van der Waals surface area contributed by atoms with Gasteiger partial charge in [0.1, 0.15) is 5.82 Å². The van der Waals surface area contributed by atoms with Crippen LogP contribution in [0.5, 0.6) is 0 Å². The van der Waals surface area contributed by atoms with Crippen LogP contribution in [0.25, 0.3) is 16.9 Å². The number of primary amides is 1. The van der Waals surface area contributed by atoms with Gasteiger partial charge in [-0.1, -0.05) is 43.3 Å². The molecule has 0 aliphatic carbocycles. The van der Waals surface area contributed by atoms with Crippen molar-refractivity contribution in [1.82, 2.24) is 25.1 Å². The van der Waals surface area contributed by atoms with Gasteiger partial charge < -0.3 is 16.4 Å². The van der Waals surface area contributed by atoms with Crippen LogP contribution in [-0.2, 0) is 13.1 Å². The normalized spacial score (nSPS) is 15.6. The summed E-state index contributed by atoms with van der Waals surface area (Å²) in [6, 6.07) is 15.6. The number of carbonyl (C=O) groups is 1. The van der Waals surface area contributed by atoms with Crippen LogP contribution in [0.15, 0.2) is 54.7 Å². The fourth-order valence-electron chi connectivity index (χ4n) is 4.10. The molecule has 3 heterocycles. The van der Waals surface area contributed by atoms with Crippen LogP contribution >= 0.6 is 0 Å². The van der Waals surface area contributed by atoms with Crippen molar-refractivity contribution in [2.45, 2.75) is 25.9 Å². The summed E-state index contributed by atoms with van der Waals surface area (Å²) in [5.41, 5.74) is 9.96. The number of anilines is 1. The SMILES string of the molecule is CC1CNCc2nc(-n3ncc4c(C(N)=O)cccc43)nc(NCc3ccccc3)c21. The Bertz CT molecular complexity index is 1270. The van der Waals surface area contributed by atoms with Crippen molar-refractivity contribution in [2.75, 3.05) is 11.9 Å². The molecule has 156 valence electrons. The van der Waals surface area contributed by atoms with Gasteiger partial charge in [-0.2, -0.15) is 14.8 Å². The summed E-state index contributed by atoms with van der Waals surface area (Å²) in [5, 5.41) is 12.1. The molecular formula is C23H23N7O. The standard InChI is InChI=1S/C23H23N7O/c1-14-10-25-13-18-20(14)22(26-11-15-6-3-2-4-7-15)29-23(28-18)30-19-9-5-8-16(21(24)31)17(19)12-27-30/h2-9,12,14,25H,10-11,13H2,1H3,(H2,24,31)(H,26,28,29). The monoisotopic (exact) mass is 413 g/mol. The number of benzene rings is 2. The molecule has 1 amide bonds. The number of aromatic nitrogens is 4. The number of fused-ring (bicyclic) bond motifs is 2. The summed E-state index contributed by atoms with van der Waals surface area (Å²) in [7, 11) is 0. The number of hydrogen-bond donors (Lipinski definition) is 3. The molecule has 0 fully saturated rings. The minimum atomic E-state index is -0.486. The van der Waals surface area contributed by atoms with Crippen LogP contribution in [0, 0.1) is 0 Å². The average molecular weight is 413 g/mol. The summed E-state index contributed by atoms with van der Waals surface area (Å²) < 4.78 is 1.66. The third-order valence-electron chi connectivity index (χ3n) is 5.62. The fraction of sp³-hybridized carbons (Fsp3) is 0.217. The fourth-order valence-corrected chi connectivity index (χ4v) is 4.10. The molecule has 2 aromatic carbocycles.